The number of esters is 1. The fourth-order valence-corrected chi connectivity index (χ4v) is 3.21. The van der Waals surface area contributed by atoms with Crippen molar-refractivity contribution in [2.24, 2.45) is 0 Å². The summed E-state index contributed by atoms with van der Waals surface area (Å²) in [5.41, 5.74) is 2.92. The Balaban J connectivity index is 1.24. The Hall–Kier alpha value is -4.33. The van der Waals surface area contributed by atoms with Crippen LogP contribution in [-0.2, 0) is 14.3 Å². The number of rotatable bonds is 7. The van der Waals surface area contributed by atoms with Gasteiger partial charge in [0.15, 0.2) is 17.6 Å². The van der Waals surface area contributed by atoms with Gasteiger partial charge in [-0.1, -0.05) is 42.5 Å². The molecule has 0 bridgehead atoms. The van der Waals surface area contributed by atoms with E-state index in [1.165, 1.54) is 6.92 Å². The van der Waals surface area contributed by atoms with E-state index in [-0.39, 0.29) is 13.3 Å². The van der Waals surface area contributed by atoms with Crippen LogP contribution in [0.5, 0.6) is 11.5 Å². The third kappa shape index (κ3) is 5.48. The average Bonchev–Trinajstić information content (AvgIpc) is 3.31. The molecule has 168 valence electrons. The SMILES string of the molecule is CC(OC(=O)CNC(=O)c1ccc(-c2ccccc2)cc1)C(=O)Nc1ccc2c(c1)OCO2. The summed E-state index contributed by atoms with van der Waals surface area (Å²) >= 11 is 0. The second-order valence-corrected chi connectivity index (χ2v) is 7.32. The average molecular weight is 446 g/mol. The zero-order chi connectivity index (χ0) is 23.2. The summed E-state index contributed by atoms with van der Waals surface area (Å²) in [5.74, 6) is -0.526. The Labute approximate surface area is 190 Å². The highest BCUT2D eigenvalue weighted by Crippen LogP contribution is 2.34. The molecule has 33 heavy (non-hydrogen) atoms. The van der Waals surface area contributed by atoms with Gasteiger partial charge in [-0.25, -0.2) is 0 Å². The van der Waals surface area contributed by atoms with Crippen LogP contribution in [0, 0.1) is 0 Å². The van der Waals surface area contributed by atoms with Crippen molar-refractivity contribution >= 4 is 23.5 Å². The largest absolute Gasteiger partial charge is 0.454 e. The molecule has 3 aromatic rings. The van der Waals surface area contributed by atoms with Crippen molar-refractivity contribution in [3.63, 3.8) is 0 Å². The smallest absolute Gasteiger partial charge is 0.326 e. The number of carbonyl (C=O) groups is 3. The number of hydrogen-bond donors (Lipinski definition) is 2. The minimum Gasteiger partial charge on any atom is -0.454 e. The lowest BCUT2D eigenvalue weighted by atomic mass is 10.0. The summed E-state index contributed by atoms with van der Waals surface area (Å²) < 4.78 is 15.6. The maximum atomic E-state index is 12.3. The molecule has 1 atom stereocenters. The van der Waals surface area contributed by atoms with Gasteiger partial charge in [-0.2, -0.15) is 0 Å². The lowest BCUT2D eigenvalue weighted by Gasteiger charge is -2.14. The van der Waals surface area contributed by atoms with Crippen molar-refractivity contribution in [1.82, 2.24) is 5.32 Å². The van der Waals surface area contributed by atoms with Gasteiger partial charge in [0, 0.05) is 17.3 Å². The molecule has 0 radical (unpaired) electrons. The molecule has 0 spiro atoms. The number of nitrogens with one attached hydrogen (secondary N) is 2. The first-order valence-electron chi connectivity index (χ1n) is 10.3. The van der Waals surface area contributed by atoms with E-state index in [2.05, 4.69) is 10.6 Å². The zero-order valence-electron chi connectivity index (χ0n) is 17.9. The van der Waals surface area contributed by atoms with Crippen LogP contribution in [0.3, 0.4) is 0 Å². The molecule has 4 rings (SSSR count). The molecule has 0 fully saturated rings. The van der Waals surface area contributed by atoms with Crippen LogP contribution in [0.1, 0.15) is 17.3 Å². The minimum atomic E-state index is -1.05. The van der Waals surface area contributed by atoms with E-state index >= 15 is 0 Å². The number of hydrogen-bond acceptors (Lipinski definition) is 6. The Bertz CT molecular complexity index is 1160. The van der Waals surface area contributed by atoms with E-state index in [0.29, 0.717) is 22.7 Å². The molecule has 1 heterocycles. The zero-order valence-corrected chi connectivity index (χ0v) is 17.9. The van der Waals surface area contributed by atoms with Crippen molar-refractivity contribution in [2.75, 3.05) is 18.7 Å². The molecule has 0 saturated heterocycles. The molecule has 8 heteroatoms. The number of amides is 2. The fourth-order valence-electron chi connectivity index (χ4n) is 3.21. The van der Waals surface area contributed by atoms with E-state index in [1.54, 1.807) is 30.3 Å². The molecule has 3 aromatic carbocycles. The lowest BCUT2D eigenvalue weighted by Crippen LogP contribution is -2.35. The van der Waals surface area contributed by atoms with Crippen molar-refractivity contribution in [3.8, 4) is 22.6 Å². The predicted molar refractivity (Wildman–Crippen MR) is 121 cm³/mol. The molecule has 1 aliphatic heterocycles. The van der Waals surface area contributed by atoms with Gasteiger partial charge in [-0.3, -0.25) is 14.4 Å². The van der Waals surface area contributed by atoms with Gasteiger partial charge in [-0.15, -0.1) is 0 Å². The highest BCUT2D eigenvalue weighted by molar-refractivity contribution is 5.97. The third-order valence-electron chi connectivity index (χ3n) is 4.97. The molecule has 0 saturated carbocycles. The molecular weight excluding hydrogens is 424 g/mol. The van der Waals surface area contributed by atoms with Gasteiger partial charge in [0.1, 0.15) is 6.54 Å². The number of fused-ring (bicyclic) bond motifs is 1. The normalized spacial score (nSPS) is 12.5. The molecule has 2 N–H and O–H groups in total. The van der Waals surface area contributed by atoms with Gasteiger partial charge in [0.05, 0.1) is 0 Å². The Kier molecular flexibility index (Phi) is 6.54. The molecule has 1 aliphatic rings. The van der Waals surface area contributed by atoms with Crippen molar-refractivity contribution < 1.29 is 28.6 Å². The topological polar surface area (TPSA) is 103 Å². The van der Waals surface area contributed by atoms with Crippen LogP contribution in [0.25, 0.3) is 11.1 Å². The quantitative estimate of drug-likeness (QED) is 0.540. The summed E-state index contributed by atoms with van der Waals surface area (Å²) in [5, 5.41) is 5.15. The molecule has 0 aromatic heterocycles. The molecule has 8 nitrogen and oxygen atoms in total. The second-order valence-electron chi connectivity index (χ2n) is 7.32. The maximum absolute atomic E-state index is 12.3. The third-order valence-corrected chi connectivity index (χ3v) is 4.97. The van der Waals surface area contributed by atoms with Gasteiger partial charge in [0.2, 0.25) is 6.79 Å². The van der Waals surface area contributed by atoms with Gasteiger partial charge in [-0.05, 0) is 42.3 Å². The summed E-state index contributed by atoms with van der Waals surface area (Å²) in [6.07, 6.45) is -1.05. The summed E-state index contributed by atoms with van der Waals surface area (Å²) in [6, 6.07) is 21.8. The van der Waals surface area contributed by atoms with E-state index in [1.807, 2.05) is 42.5 Å². The van der Waals surface area contributed by atoms with Crippen LogP contribution < -0.4 is 20.1 Å². The number of anilines is 1. The van der Waals surface area contributed by atoms with E-state index in [9.17, 15) is 14.4 Å². The van der Waals surface area contributed by atoms with E-state index < -0.39 is 23.9 Å². The van der Waals surface area contributed by atoms with Gasteiger partial charge in [0.25, 0.3) is 11.8 Å². The second kappa shape index (κ2) is 9.86. The highest BCUT2D eigenvalue weighted by atomic mass is 16.7. The molecule has 1 unspecified atom stereocenters. The summed E-state index contributed by atoms with van der Waals surface area (Å²) in [6.45, 7) is 1.22. The Morgan fingerprint density at radius 3 is 2.36 bits per heavy atom. The maximum Gasteiger partial charge on any atom is 0.326 e. The van der Waals surface area contributed by atoms with E-state index in [4.69, 9.17) is 14.2 Å². The number of ether oxygens (including phenoxy) is 3. The molecular formula is C25H22N2O6. The van der Waals surface area contributed by atoms with Gasteiger partial charge >= 0.3 is 5.97 Å². The standard InChI is InChI=1S/C25H22N2O6/c1-16(24(29)27-20-11-12-21-22(13-20)32-15-31-21)33-23(28)14-26-25(30)19-9-7-18(8-10-19)17-5-3-2-4-6-17/h2-13,16H,14-15H2,1H3,(H,26,30)(H,27,29). The molecule has 2 amide bonds. The first kappa shape index (κ1) is 21.9. The van der Waals surface area contributed by atoms with Crippen LogP contribution in [0.15, 0.2) is 72.8 Å². The monoisotopic (exact) mass is 446 g/mol. The fraction of sp³-hybridized carbons (Fsp3) is 0.160. The Morgan fingerprint density at radius 1 is 0.909 bits per heavy atom. The number of benzene rings is 3. The Morgan fingerprint density at radius 2 is 1.61 bits per heavy atom. The minimum absolute atomic E-state index is 0.129. The van der Waals surface area contributed by atoms with Crippen LogP contribution >= 0.6 is 0 Å². The van der Waals surface area contributed by atoms with Crippen LogP contribution in [-0.4, -0.2) is 37.2 Å². The van der Waals surface area contributed by atoms with Crippen LogP contribution in [0.2, 0.25) is 0 Å². The lowest BCUT2D eigenvalue weighted by molar-refractivity contribution is -0.152. The van der Waals surface area contributed by atoms with E-state index in [0.717, 1.165) is 11.1 Å². The summed E-state index contributed by atoms with van der Waals surface area (Å²) in [7, 11) is 0. The predicted octanol–water partition coefficient (Wildman–Crippen LogP) is 3.38. The van der Waals surface area contributed by atoms with Gasteiger partial charge < -0.3 is 24.8 Å². The molecule has 0 aliphatic carbocycles. The van der Waals surface area contributed by atoms with Crippen molar-refractivity contribution in [3.05, 3.63) is 78.4 Å². The summed E-state index contributed by atoms with van der Waals surface area (Å²) in [4.78, 5) is 36.7. The first-order chi connectivity index (χ1) is 16.0. The first-order valence-corrected chi connectivity index (χ1v) is 10.3. The highest BCUT2D eigenvalue weighted by Gasteiger charge is 2.20. The van der Waals surface area contributed by atoms with Crippen LogP contribution in [0.4, 0.5) is 5.69 Å². The number of carbonyl (C=O) groups excluding carboxylic acids is 3. The van der Waals surface area contributed by atoms with Crippen molar-refractivity contribution in [1.29, 1.82) is 0 Å². The van der Waals surface area contributed by atoms with Crippen molar-refractivity contribution in [2.45, 2.75) is 13.0 Å².